The monoisotopic (exact) mass is 390 g/mol. The second kappa shape index (κ2) is 7.62. The number of pyridine rings is 1. The van der Waals surface area contributed by atoms with Gasteiger partial charge < -0.3 is 9.80 Å². The summed E-state index contributed by atoms with van der Waals surface area (Å²) in [6.07, 6.45) is 7.51. The highest BCUT2D eigenvalue weighted by Crippen LogP contribution is 2.45. The highest BCUT2D eigenvalue weighted by atomic mass is 15.3. The van der Waals surface area contributed by atoms with E-state index in [9.17, 15) is 0 Å². The van der Waals surface area contributed by atoms with Gasteiger partial charge in [-0.15, -0.1) is 0 Å². The number of nitrogens with zero attached hydrogens (tertiary/aromatic N) is 6. The summed E-state index contributed by atoms with van der Waals surface area (Å²) in [6, 6.07) is 6.59. The molecule has 2 fully saturated rings. The summed E-state index contributed by atoms with van der Waals surface area (Å²) in [4.78, 5) is 18.6. The summed E-state index contributed by atoms with van der Waals surface area (Å²) in [7, 11) is 0. The number of nitriles is 1. The van der Waals surface area contributed by atoms with E-state index in [1.54, 1.807) is 0 Å². The predicted octanol–water partition coefficient (Wildman–Crippen LogP) is 4.06. The summed E-state index contributed by atoms with van der Waals surface area (Å²) in [5.74, 6) is 2.28. The SMILES string of the molecule is Cc1nc(N2CC3(CCN(c4cnc(C(C)C)nc4)CC3)C[C@@H]2C)ccc1C#N. The van der Waals surface area contributed by atoms with Crippen molar-refractivity contribution in [2.75, 3.05) is 29.4 Å². The van der Waals surface area contributed by atoms with Crippen molar-refractivity contribution < 1.29 is 0 Å². The Labute approximate surface area is 173 Å². The normalized spacial score (nSPS) is 21.0. The smallest absolute Gasteiger partial charge is 0.130 e. The molecule has 1 spiro atoms. The maximum atomic E-state index is 9.17. The zero-order chi connectivity index (χ0) is 20.6. The summed E-state index contributed by atoms with van der Waals surface area (Å²) in [5.41, 5.74) is 2.96. The number of aromatic nitrogens is 3. The molecule has 0 radical (unpaired) electrons. The first-order valence-corrected chi connectivity index (χ1v) is 10.6. The molecular weight excluding hydrogens is 360 g/mol. The van der Waals surface area contributed by atoms with E-state index in [1.165, 1.54) is 19.3 Å². The first kappa shape index (κ1) is 19.6. The lowest BCUT2D eigenvalue weighted by Gasteiger charge is -2.40. The fourth-order valence-corrected chi connectivity index (χ4v) is 4.85. The van der Waals surface area contributed by atoms with Gasteiger partial charge in [0.25, 0.3) is 0 Å². The van der Waals surface area contributed by atoms with Crippen molar-refractivity contribution in [3.8, 4) is 6.07 Å². The molecule has 0 amide bonds. The molecule has 2 aromatic heterocycles. The van der Waals surface area contributed by atoms with Crippen molar-refractivity contribution in [1.29, 1.82) is 5.26 Å². The number of anilines is 2. The minimum absolute atomic E-state index is 0.345. The first-order chi connectivity index (χ1) is 13.9. The van der Waals surface area contributed by atoms with Crippen LogP contribution in [0.5, 0.6) is 0 Å². The van der Waals surface area contributed by atoms with Crippen LogP contribution in [0.3, 0.4) is 0 Å². The third-order valence-electron chi connectivity index (χ3n) is 6.62. The standard InChI is InChI=1S/C23H30N6/c1-16(2)22-25-13-20(14-26-22)28-9-7-23(8-10-28)11-17(3)29(15-23)21-6-5-19(12-24)18(4)27-21/h5-6,13-14,16-17H,7-11,15H2,1-4H3/t17-/m0/s1. The molecule has 4 rings (SSSR count). The highest BCUT2D eigenvalue weighted by Gasteiger charge is 2.44. The number of piperidine rings is 1. The Morgan fingerprint density at radius 2 is 1.86 bits per heavy atom. The van der Waals surface area contributed by atoms with Crippen LogP contribution in [0, 0.1) is 23.7 Å². The Morgan fingerprint density at radius 3 is 2.45 bits per heavy atom. The number of rotatable bonds is 3. The van der Waals surface area contributed by atoms with Gasteiger partial charge in [0.05, 0.1) is 29.3 Å². The average molecular weight is 391 g/mol. The molecule has 0 N–H and O–H groups in total. The van der Waals surface area contributed by atoms with Gasteiger partial charge in [0.15, 0.2) is 0 Å². The van der Waals surface area contributed by atoms with E-state index in [0.29, 0.717) is 22.9 Å². The van der Waals surface area contributed by atoms with E-state index in [0.717, 1.165) is 42.7 Å². The number of aryl methyl sites for hydroxylation is 1. The van der Waals surface area contributed by atoms with Crippen molar-refractivity contribution >= 4 is 11.5 Å². The van der Waals surface area contributed by atoms with Crippen LogP contribution in [-0.2, 0) is 0 Å². The van der Waals surface area contributed by atoms with E-state index in [1.807, 2.05) is 31.5 Å². The van der Waals surface area contributed by atoms with E-state index in [-0.39, 0.29) is 0 Å². The number of hydrogen-bond acceptors (Lipinski definition) is 6. The summed E-state index contributed by atoms with van der Waals surface area (Å²) >= 11 is 0. The molecule has 0 saturated carbocycles. The molecule has 2 aliphatic rings. The fourth-order valence-electron chi connectivity index (χ4n) is 4.85. The zero-order valence-corrected chi connectivity index (χ0v) is 17.9. The Balaban J connectivity index is 1.43. The molecule has 4 heterocycles. The Morgan fingerprint density at radius 1 is 1.17 bits per heavy atom. The second-order valence-electron chi connectivity index (χ2n) is 9.04. The van der Waals surface area contributed by atoms with Crippen LogP contribution in [0.25, 0.3) is 0 Å². The molecule has 0 unspecified atom stereocenters. The van der Waals surface area contributed by atoms with Crippen molar-refractivity contribution in [3.05, 3.63) is 41.6 Å². The first-order valence-electron chi connectivity index (χ1n) is 10.6. The van der Waals surface area contributed by atoms with Gasteiger partial charge in [-0.3, -0.25) is 0 Å². The van der Waals surface area contributed by atoms with Gasteiger partial charge in [0.2, 0.25) is 0 Å². The van der Waals surface area contributed by atoms with Gasteiger partial charge in [-0.1, -0.05) is 13.8 Å². The van der Waals surface area contributed by atoms with E-state index >= 15 is 0 Å². The molecule has 29 heavy (non-hydrogen) atoms. The minimum atomic E-state index is 0.345. The van der Waals surface area contributed by atoms with Crippen LogP contribution in [-0.4, -0.2) is 40.6 Å². The lowest BCUT2D eigenvalue weighted by Crippen LogP contribution is -2.41. The van der Waals surface area contributed by atoms with Crippen molar-refractivity contribution in [3.63, 3.8) is 0 Å². The summed E-state index contributed by atoms with van der Waals surface area (Å²) < 4.78 is 0. The quantitative estimate of drug-likeness (QED) is 0.787. The third kappa shape index (κ3) is 3.78. The van der Waals surface area contributed by atoms with Crippen LogP contribution >= 0.6 is 0 Å². The Bertz CT molecular complexity index is 906. The minimum Gasteiger partial charge on any atom is -0.369 e. The third-order valence-corrected chi connectivity index (χ3v) is 6.62. The molecule has 1 atom stereocenters. The van der Waals surface area contributed by atoms with Crippen LogP contribution in [0.2, 0.25) is 0 Å². The lowest BCUT2D eigenvalue weighted by molar-refractivity contribution is 0.245. The summed E-state index contributed by atoms with van der Waals surface area (Å²) in [5, 5.41) is 9.17. The number of hydrogen-bond donors (Lipinski definition) is 0. The van der Waals surface area contributed by atoms with Gasteiger partial charge in [-0.05, 0) is 50.7 Å². The molecule has 152 valence electrons. The molecule has 6 nitrogen and oxygen atoms in total. The second-order valence-corrected chi connectivity index (χ2v) is 9.04. The maximum absolute atomic E-state index is 9.17. The molecule has 6 heteroatoms. The van der Waals surface area contributed by atoms with Gasteiger partial charge in [-0.2, -0.15) is 5.26 Å². The topological polar surface area (TPSA) is 68.9 Å². The van der Waals surface area contributed by atoms with Crippen molar-refractivity contribution in [1.82, 2.24) is 15.0 Å². The van der Waals surface area contributed by atoms with E-state index < -0.39 is 0 Å². The van der Waals surface area contributed by atoms with Crippen molar-refractivity contribution in [2.24, 2.45) is 5.41 Å². The maximum Gasteiger partial charge on any atom is 0.130 e. The molecule has 0 aliphatic carbocycles. The summed E-state index contributed by atoms with van der Waals surface area (Å²) in [6.45, 7) is 11.6. The largest absolute Gasteiger partial charge is 0.369 e. The average Bonchev–Trinajstić information content (AvgIpc) is 3.04. The van der Waals surface area contributed by atoms with Crippen molar-refractivity contribution in [2.45, 2.75) is 58.9 Å². The van der Waals surface area contributed by atoms with Crippen LogP contribution in [0.4, 0.5) is 11.5 Å². The van der Waals surface area contributed by atoms with E-state index in [2.05, 4.69) is 46.6 Å². The van der Waals surface area contributed by atoms with Gasteiger partial charge in [0.1, 0.15) is 17.7 Å². The fraction of sp³-hybridized carbons (Fsp3) is 0.565. The molecule has 0 aromatic carbocycles. The van der Waals surface area contributed by atoms with Gasteiger partial charge in [-0.25, -0.2) is 15.0 Å². The van der Waals surface area contributed by atoms with Crippen LogP contribution in [0.1, 0.15) is 63.0 Å². The Hall–Kier alpha value is -2.68. The Kier molecular flexibility index (Phi) is 5.16. The molecule has 2 aromatic rings. The zero-order valence-electron chi connectivity index (χ0n) is 17.9. The molecule has 0 bridgehead atoms. The van der Waals surface area contributed by atoms with Crippen LogP contribution < -0.4 is 9.80 Å². The highest BCUT2D eigenvalue weighted by molar-refractivity contribution is 5.48. The van der Waals surface area contributed by atoms with Gasteiger partial charge >= 0.3 is 0 Å². The van der Waals surface area contributed by atoms with Crippen LogP contribution in [0.15, 0.2) is 24.5 Å². The molecular formula is C23H30N6. The predicted molar refractivity (Wildman–Crippen MR) is 115 cm³/mol. The van der Waals surface area contributed by atoms with E-state index in [4.69, 9.17) is 10.2 Å². The van der Waals surface area contributed by atoms with Gasteiger partial charge in [0, 0.05) is 31.6 Å². The molecule has 2 aliphatic heterocycles. The molecule has 2 saturated heterocycles. The lowest BCUT2D eigenvalue weighted by atomic mass is 9.76.